The van der Waals surface area contributed by atoms with Crippen LogP contribution in [0, 0.1) is 5.82 Å². The Balaban J connectivity index is 1.92. The molecule has 0 aliphatic rings. The Labute approximate surface area is 146 Å². The van der Waals surface area contributed by atoms with E-state index in [9.17, 15) is 9.18 Å². The van der Waals surface area contributed by atoms with Gasteiger partial charge in [-0.2, -0.15) is 0 Å². The number of carbonyl (C=O) groups excluding carboxylic acids is 1. The van der Waals surface area contributed by atoms with E-state index < -0.39 is 0 Å². The van der Waals surface area contributed by atoms with Crippen molar-refractivity contribution in [2.75, 3.05) is 19.5 Å². The topological polar surface area (TPSA) is 47.6 Å². The molecule has 124 valence electrons. The summed E-state index contributed by atoms with van der Waals surface area (Å²) < 4.78 is 24.8. The summed E-state index contributed by atoms with van der Waals surface area (Å²) in [5.41, 5.74) is 0.386. The van der Waals surface area contributed by atoms with E-state index in [4.69, 9.17) is 21.1 Å². The van der Waals surface area contributed by atoms with Crippen molar-refractivity contribution >= 4 is 44.6 Å². The summed E-state index contributed by atoms with van der Waals surface area (Å²) in [6.45, 7) is 0. The van der Waals surface area contributed by atoms with Crippen LogP contribution in [-0.4, -0.2) is 20.1 Å². The zero-order valence-corrected chi connectivity index (χ0v) is 14.4. The maximum Gasteiger partial charge on any atom is 0.265 e. The molecule has 0 aliphatic heterocycles. The molecule has 24 heavy (non-hydrogen) atoms. The molecule has 7 heteroatoms. The van der Waals surface area contributed by atoms with Crippen LogP contribution >= 0.6 is 22.9 Å². The smallest absolute Gasteiger partial charge is 0.265 e. The van der Waals surface area contributed by atoms with Crippen LogP contribution in [0.2, 0.25) is 5.02 Å². The largest absolute Gasteiger partial charge is 0.493 e. The third-order valence-corrected chi connectivity index (χ3v) is 4.87. The molecule has 0 aliphatic carbocycles. The van der Waals surface area contributed by atoms with Crippen LogP contribution < -0.4 is 14.8 Å². The van der Waals surface area contributed by atoms with E-state index in [0.717, 1.165) is 0 Å². The van der Waals surface area contributed by atoms with Crippen LogP contribution in [-0.2, 0) is 0 Å². The molecule has 0 radical (unpaired) electrons. The maximum atomic E-state index is 13.8. The van der Waals surface area contributed by atoms with Gasteiger partial charge in [0, 0.05) is 22.2 Å². The zero-order chi connectivity index (χ0) is 17.3. The summed E-state index contributed by atoms with van der Waals surface area (Å²) in [6, 6.07) is 9.40. The molecule has 0 bridgehead atoms. The molecule has 3 rings (SSSR count). The van der Waals surface area contributed by atoms with Crippen LogP contribution in [0.25, 0.3) is 10.1 Å². The standard InChI is InChI=1S/C17H13ClFNO3S/c1-22-13-7-10(18)12(8-14(13)23-2)20-17(21)16-6-9-11(19)4-3-5-15(9)24-16/h3-8H,1-2H3,(H,20,21). The molecule has 0 fully saturated rings. The van der Waals surface area contributed by atoms with E-state index in [1.54, 1.807) is 24.3 Å². The number of hydrogen-bond donors (Lipinski definition) is 1. The highest BCUT2D eigenvalue weighted by molar-refractivity contribution is 7.20. The molecule has 1 amide bonds. The number of rotatable bonds is 4. The fourth-order valence-electron chi connectivity index (χ4n) is 2.27. The molecule has 0 atom stereocenters. The number of methoxy groups -OCH3 is 2. The molecule has 0 saturated carbocycles. The summed E-state index contributed by atoms with van der Waals surface area (Å²) in [6.07, 6.45) is 0. The molecule has 1 aromatic heterocycles. The molecule has 0 spiro atoms. The first kappa shape index (κ1) is 16.5. The third kappa shape index (κ3) is 3.02. The first-order valence-corrected chi connectivity index (χ1v) is 8.14. The number of nitrogens with one attached hydrogen (secondary N) is 1. The highest BCUT2D eigenvalue weighted by atomic mass is 35.5. The van der Waals surface area contributed by atoms with Crippen molar-refractivity contribution in [3.8, 4) is 11.5 Å². The van der Waals surface area contributed by atoms with E-state index >= 15 is 0 Å². The van der Waals surface area contributed by atoms with E-state index in [2.05, 4.69) is 5.32 Å². The van der Waals surface area contributed by atoms with Crippen molar-refractivity contribution in [3.05, 3.63) is 52.1 Å². The van der Waals surface area contributed by atoms with Crippen LogP contribution in [0.15, 0.2) is 36.4 Å². The first-order chi connectivity index (χ1) is 11.5. The van der Waals surface area contributed by atoms with Crippen molar-refractivity contribution in [2.45, 2.75) is 0 Å². The number of fused-ring (bicyclic) bond motifs is 1. The van der Waals surface area contributed by atoms with E-state index in [0.29, 0.717) is 37.2 Å². The minimum absolute atomic E-state index is 0.313. The first-order valence-electron chi connectivity index (χ1n) is 6.94. The van der Waals surface area contributed by atoms with Crippen LogP contribution in [0.3, 0.4) is 0 Å². The second-order valence-electron chi connectivity index (χ2n) is 4.90. The fraction of sp³-hybridized carbons (Fsp3) is 0.118. The molecule has 1 N–H and O–H groups in total. The summed E-state index contributed by atoms with van der Waals surface area (Å²) in [7, 11) is 2.99. The van der Waals surface area contributed by atoms with Crippen molar-refractivity contribution in [2.24, 2.45) is 0 Å². The van der Waals surface area contributed by atoms with Gasteiger partial charge in [0.15, 0.2) is 11.5 Å². The minimum Gasteiger partial charge on any atom is -0.493 e. The molecule has 1 heterocycles. The van der Waals surface area contributed by atoms with Gasteiger partial charge in [0.2, 0.25) is 0 Å². The van der Waals surface area contributed by atoms with Gasteiger partial charge < -0.3 is 14.8 Å². The summed E-state index contributed by atoms with van der Waals surface area (Å²) in [5, 5.41) is 3.45. The van der Waals surface area contributed by atoms with Crippen molar-refractivity contribution < 1.29 is 18.7 Å². The number of ether oxygens (including phenoxy) is 2. The molecule has 0 saturated heterocycles. The Bertz CT molecular complexity index is 926. The number of hydrogen-bond acceptors (Lipinski definition) is 4. The van der Waals surface area contributed by atoms with Crippen molar-refractivity contribution in [3.63, 3.8) is 0 Å². The predicted molar refractivity (Wildman–Crippen MR) is 94.3 cm³/mol. The van der Waals surface area contributed by atoms with Gasteiger partial charge in [-0.1, -0.05) is 17.7 Å². The Hall–Kier alpha value is -2.31. The summed E-state index contributed by atoms with van der Waals surface area (Å²) in [5.74, 6) is 0.181. The maximum absolute atomic E-state index is 13.8. The van der Waals surface area contributed by atoms with Gasteiger partial charge in [-0.25, -0.2) is 4.39 Å². The molecule has 2 aromatic carbocycles. The molecule has 4 nitrogen and oxygen atoms in total. The van der Waals surface area contributed by atoms with Crippen LogP contribution in [0.4, 0.5) is 10.1 Å². The Morgan fingerprint density at radius 2 is 1.88 bits per heavy atom. The minimum atomic E-state index is -0.371. The SMILES string of the molecule is COc1cc(Cl)c(NC(=O)c2cc3c(F)cccc3s2)cc1OC. The molecular weight excluding hydrogens is 353 g/mol. The number of halogens is 2. The highest BCUT2D eigenvalue weighted by Crippen LogP contribution is 2.36. The third-order valence-electron chi connectivity index (χ3n) is 3.45. The van der Waals surface area contributed by atoms with Gasteiger partial charge in [-0.3, -0.25) is 4.79 Å². The van der Waals surface area contributed by atoms with Crippen molar-refractivity contribution in [1.29, 1.82) is 0 Å². The summed E-state index contributed by atoms with van der Waals surface area (Å²) in [4.78, 5) is 12.8. The lowest BCUT2D eigenvalue weighted by molar-refractivity contribution is 0.103. The molecular formula is C17H13ClFNO3S. The van der Waals surface area contributed by atoms with E-state index in [1.165, 1.54) is 37.7 Å². The number of thiophene rings is 1. The second-order valence-corrected chi connectivity index (χ2v) is 6.39. The normalized spacial score (nSPS) is 10.7. The number of benzene rings is 2. The Morgan fingerprint density at radius 3 is 2.54 bits per heavy atom. The lowest BCUT2D eigenvalue weighted by Crippen LogP contribution is -2.10. The van der Waals surface area contributed by atoms with Crippen LogP contribution in [0.1, 0.15) is 9.67 Å². The average molecular weight is 366 g/mol. The Morgan fingerprint density at radius 1 is 1.17 bits per heavy atom. The zero-order valence-electron chi connectivity index (χ0n) is 12.9. The van der Waals surface area contributed by atoms with Gasteiger partial charge in [-0.15, -0.1) is 11.3 Å². The second kappa shape index (κ2) is 6.67. The lowest BCUT2D eigenvalue weighted by atomic mass is 10.2. The van der Waals surface area contributed by atoms with Gasteiger partial charge in [0.05, 0.1) is 29.8 Å². The van der Waals surface area contributed by atoms with Gasteiger partial charge in [0.25, 0.3) is 5.91 Å². The molecule has 0 unspecified atom stereocenters. The van der Waals surface area contributed by atoms with Gasteiger partial charge in [-0.05, 0) is 18.2 Å². The summed E-state index contributed by atoms with van der Waals surface area (Å²) >= 11 is 7.38. The number of anilines is 1. The quantitative estimate of drug-likeness (QED) is 0.710. The average Bonchev–Trinajstić information content (AvgIpc) is 3.02. The predicted octanol–water partition coefficient (Wildman–Crippen LogP) is 4.96. The number of amides is 1. The number of carbonyl (C=O) groups is 1. The van der Waals surface area contributed by atoms with Gasteiger partial charge >= 0.3 is 0 Å². The molecule has 3 aromatic rings. The monoisotopic (exact) mass is 365 g/mol. The lowest BCUT2D eigenvalue weighted by Gasteiger charge is -2.12. The van der Waals surface area contributed by atoms with Crippen LogP contribution in [0.5, 0.6) is 11.5 Å². The van der Waals surface area contributed by atoms with E-state index in [-0.39, 0.29) is 11.7 Å². The Kier molecular flexibility index (Phi) is 4.59. The van der Waals surface area contributed by atoms with Crippen molar-refractivity contribution in [1.82, 2.24) is 0 Å². The van der Waals surface area contributed by atoms with E-state index in [1.807, 2.05) is 0 Å². The van der Waals surface area contributed by atoms with Gasteiger partial charge in [0.1, 0.15) is 5.82 Å². The fourth-order valence-corrected chi connectivity index (χ4v) is 3.44. The highest BCUT2D eigenvalue weighted by Gasteiger charge is 2.16.